The number of aromatic nitrogens is 2. The van der Waals surface area contributed by atoms with Crippen LogP contribution in [0.25, 0.3) is 22.0 Å². The van der Waals surface area contributed by atoms with Crippen LogP contribution in [0.1, 0.15) is 29.9 Å². The topological polar surface area (TPSA) is 62.6 Å². The van der Waals surface area contributed by atoms with E-state index < -0.39 is 17.6 Å². The summed E-state index contributed by atoms with van der Waals surface area (Å²) in [6.07, 6.45) is 1.58. The van der Waals surface area contributed by atoms with Crippen molar-refractivity contribution in [1.82, 2.24) is 9.55 Å². The molecule has 2 aromatic carbocycles. The average Bonchev–Trinajstić information content (AvgIpc) is 3.15. The van der Waals surface area contributed by atoms with Gasteiger partial charge in [-0.3, -0.25) is 0 Å². The zero-order chi connectivity index (χ0) is 24.2. The van der Waals surface area contributed by atoms with Gasteiger partial charge >= 0.3 is 5.97 Å². The van der Waals surface area contributed by atoms with Gasteiger partial charge in [-0.2, -0.15) is 0 Å². The van der Waals surface area contributed by atoms with E-state index in [1.165, 1.54) is 7.11 Å². The number of hydrogen-bond acceptors (Lipinski definition) is 5. The second-order valence-corrected chi connectivity index (χ2v) is 7.44. The molecule has 0 N–H and O–H groups in total. The van der Waals surface area contributed by atoms with Gasteiger partial charge in [-0.05, 0) is 62.4 Å². The minimum atomic E-state index is -0.602. The molecule has 6 nitrogen and oxygen atoms in total. The molecule has 8 heteroatoms. The lowest BCUT2D eigenvalue weighted by atomic mass is 10.0. The van der Waals surface area contributed by atoms with Crippen molar-refractivity contribution >= 4 is 16.9 Å². The van der Waals surface area contributed by atoms with E-state index in [-0.39, 0.29) is 24.4 Å². The largest absolute Gasteiger partial charge is 0.494 e. The molecule has 0 amide bonds. The van der Waals surface area contributed by atoms with E-state index in [9.17, 15) is 13.6 Å². The Morgan fingerprint density at radius 3 is 2.62 bits per heavy atom. The van der Waals surface area contributed by atoms with Crippen LogP contribution < -0.4 is 9.47 Å². The predicted molar refractivity (Wildman–Crippen MR) is 124 cm³/mol. The molecule has 34 heavy (non-hydrogen) atoms. The Morgan fingerprint density at radius 2 is 1.88 bits per heavy atom. The first kappa shape index (κ1) is 23.2. The van der Waals surface area contributed by atoms with Crippen molar-refractivity contribution < 1.29 is 27.8 Å². The van der Waals surface area contributed by atoms with Gasteiger partial charge in [0.25, 0.3) is 0 Å². The number of methoxy groups -OCH3 is 1. The number of rotatable bonds is 8. The number of esters is 1. The maximum atomic E-state index is 14.6. The van der Waals surface area contributed by atoms with Crippen LogP contribution in [0, 0.1) is 11.6 Å². The number of fused-ring (bicyclic) bond motifs is 1. The van der Waals surface area contributed by atoms with Gasteiger partial charge in [-0.15, -0.1) is 0 Å². The summed E-state index contributed by atoms with van der Waals surface area (Å²) in [5.41, 5.74) is 1.97. The van der Waals surface area contributed by atoms with Crippen LogP contribution in [0.4, 0.5) is 8.78 Å². The highest BCUT2D eigenvalue weighted by Crippen LogP contribution is 2.41. The van der Waals surface area contributed by atoms with Crippen LogP contribution in [0.5, 0.6) is 11.6 Å². The molecule has 2 heterocycles. The second-order valence-electron chi connectivity index (χ2n) is 7.44. The molecule has 0 aliphatic rings. The Labute approximate surface area is 195 Å². The number of carbonyl (C=O) groups is 1. The molecule has 0 saturated heterocycles. The highest BCUT2D eigenvalue weighted by Gasteiger charge is 2.28. The third-order valence-corrected chi connectivity index (χ3v) is 5.38. The maximum absolute atomic E-state index is 14.6. The van der Waals surface area contributed by atoms with Crippen LogP contribution in [0.15, 0.2) is 54.7 Å². The monoisotopic (exact) mass is 466 g/mol. The van der Waals surface area contributed by atoms with Crippen molar-refractivity contribution in [3.05, 3.63) is 77.6 Å². The number of hydrogen-bond donors (Lipinski definition) is 0. The lowest BCUT2D eigenvalue weighted by Crippen LogP contribution is -2.15. The van der Waals surface area contributed by atoms with Crippen LogP contribution >= 0.6 is 0 Å². The number of carbonyl (C=O) groups excluding carboxylic acids is 1. The molecule has 0 saturated carbocycles. The molecule has 2 aromatic heterocycles. The van der Waals surface area contributed by atoms with Crippen LogP contribution in [0.3, 0.4) is 0 Å². The van der Waals surface area contributed by atoms with Crippen molar-refractivity contribution in [2.45, 2.75) is 20.4 Å². The first-order chi connectivity index (χ1) is 16.5. The van der Waals surface area contributed by atoms with Gasteiger partial charge in [0.05, 0.1) is 26.9 Å². The minimum Gasteiger partial charge on any atom is -0.494 e. The zero-order valence-corrected chi connectivity index (χ0v) is 19.1. The Kier molecular flexibility index (Phi) is 6.77. The predicted octanol–water partition coefficient (Wildman–Crippen LogP) is 5.61. The third kappa shape index (κ3) is 4.31. The first-order valence-corrected chi connectivity index (χ1v) is 10.9. The van der Waals surface area contributed by atoms with Gasteiger partial charge in [0.1, 0.15) is 23.1 Å². The quantitative estimate of drug-likeness (QED) is 0.316. The summed E-state index contributed by atoms with van der Waals surface area (Å²) in [7, 11) is 1.49. The molecule has 0 bridgehead atoms. The van der Waals surface area contributed by atoms with E-state index in [0.717, 1.165) is 18.2 Å². The van der Waals surface area contributed by atoms with Gasteiger partial charge in [-0.25, -0.2) is 18.6 Å². The number of ether oxygens (including phenoxy) is 3. The SMILES string of the molecule is CCOC(=O)c1c(-c2cccnc2OC)c2cc(OCC)ccc2n1Cc1cc(F)ccc1F. The molecular weight excluding hydrogens is 442 g/mol. The zero-order valence-electron chi connectivity index (χ0n) is 19.1. The van der Waals surface area contributed by atoms with E-state index in [4.69, 9.17) is 14.2 Å². The molecule has 0 aliphatic carbocycles. The van der Waals surface area contributed by atoms with E-state index in [1.54, 1.807) is 42.0 Å². The first-order valence-electron chi connectivity index (χ1n) is 10.9. The highest BCUT2D eigenvalue weighted by molar-refractivity contribution is 6.09. The summed E-state index contributed by atoms with van der Waals surface area (Å²) in [4.78, 5) is 17.6. The van der Waals surface area contributed by atoms with Crippen molar-refractivity contribution in [2.24, 2.45) is 0 Å². The minimum absolute atomic E-state index is 0.0925. The third-order valence-electron chi connectivity index (χ3n) is 5.38. The molecule has 0 atom stereocenters. The van der Waals surface area contributed by atoms with Crippen molar-refractivity contribution in [3.63, 3.8) is 0 Å². The second kappa shape index (κ2) is 9.91. The molecule has 0 radical (unpaired) electrons. The molecule has 0 unspecified atom stereocenters. The van der Waals surface area contributed by atoms with Crippen molar-refractivity contribution in [3.8, 4) is 22.8 Å². The van der Waals surface area contributed by atoms with E-state index in [0.29, 0.717) is 40.3 Å². The molecule has 0 spiro atoms. The number of benzene rings is 2. The Bertz CT molecular complexity index is 1350. The molecule has 4 rings (SSSR count). The van der Waals surface area contributed by atoms with Crippen LogP contribution in [-0.4, -0.2) is 35.8 Å². The lowest BCUT2D eigenvalue weighted by molar-refractivity contribution is 0.0516. The fourth-order valence-corrected chi connectivity index (χ4v) is 4.02. The van der Waals surface area contributed by atoms with Gasteiger partial charge in [0.2, 0.25) is 5.88 Å². The molecule has 176 valence electrons. The fourth-order valence-electron chi connectivity index (χ4n) is 4.02. The smallest absolute Gasteiger partial charge is 0.355 e. The Balaban J connectivity index is 2.08. The van der Waals surface area contributed by atoms with Crippen molar-refractivity contribution in [2.75, 3.05) is 20.3 Å². The van der Waals surface area contributed by atoms with Crippen LogP contribution in [0.2, 0.25) is 0 Å². The summed E-state index contributed by atoms with van der Waals surface area (Å²) in [5.74, 6) is -0.841. The summed E-state index contributed by atoms with van der Waals surface area (Å²) >= 11 is 0. The van der Waals surface area contributed by atoms with E-state index in [2.05, 4.69) is 4.98 Å². The summed E-state index contributed by atoms with van der Waals surface area (Å²) in [6, 6.07) is 12.1. The average molecular weight is 466 g/mol. The number of pyridine rings is 1. The van der Waals surface area contributed by atoms with Gasteiger partial charge in [-0.1, -0.05) is 0 Å². The molecule has 0 aliphatic heterocycles. The standard InChI is InChI=1S/C26H24F2N2O4/c1-4-33-18-9-11-22-20(14-18)23(19-7-6-12-29-25(19)32-3)24(26(31)34-5-2)30(22)15-16-13-17(27)8-10-21(16)28/h6-14H,4-5,15H2,1-3H3. The van der Waals surface area contributed by atoms with E-state index in [1.807, 2.05) is 13.0 Å². The molecular formula is C26H24F2N2O4. The highest BCUT2D eigenvalue weighted by atomic mass is 19.1. The Hall–Kier alpha value is -3.94. The summed E-state index contributed by atoms with van der Waals surface area (Å²) in [5, 5.41) is 0.664. The lowest BCUT2D eigenvalue weighted by Gasteiger charge is -2.13. The summed E-state index contributed by atoms with van der Waals surface area (Å²) in [6.45, 7) is 4.08. The van der Waals surface area contributed by atoms with Gasteiger partial charge in [0, 0.05) is 33.8 Å². The fraction of sp³-hybridized carbons (Fsp3) is 0.231. The Morgan fingerprint density at radius 1 is 1.06 bits per heavy atom. The normalized spacial score (nSPS) is 11.0. The maximum Gasteiger partial charge on any atom is 0.355 e. The molecule has 4 aromatic rings. The van der Waals surface area contributed by atoms with Gasteiger partial charge < -0.3 is 18.8 Å². The number of nitrogens with zero attached hydrogens (tertiary/aromatic N) is 2. The number of halogens is 2. The van der Waals surface area contributed by atoms with Gasteiger partial charge in [0.15, 0.2) is 0 Å². The van der Waals surface area contributed by atoms with Crippen LogP contribution in [-0.2, 0) is 11.3 Å². The van der Waals surface area contributed by atoms with E-state index >= 15 is 0 Å². The summed E-state index contributed by atoms with van der Waals surface area (Å²) < 4.78 is 46.7. The van der Waals surface area contributed by atoms with Crippen molar-refractivity contribution in [1.29, 1.82) is 0 Å². The molecule has 0 fully saturated rings.